The molecule has 1 aliphatic heterocycles. The summed E-state index contributed by atoms with van der Waals surface area (Å²) in [7, 11) is 1.62. The van der Waals surface area contributed by atoms with Crippen molar-refractivity contribution in [3.05, 3.63) is 10.5 Å². The first kappa shape index (κ1) is 15.2. The highest BCUT2D eigenvalue weighted by molar-refractivity contribution is 5.82. The highest BCUT2D eigenvalue weighted by atomic mass is 16.6. The highest BCUT2D eigenvalue weighted by Gasteiger charge is 2.22. The molecule has 0 aliphatic carbocycles. The Morgan fingerprint density at radius 3 is 2.76 bits per heavy atom. The highest BCUT2D eigenvalue weighted by Crippen LogP contribution is 2.13. The lowest BCUT2D eigenvalue weighted by atomic mass is 10.1. The predicted octanol–water partition coefficient (Wildman–Crippen LogP) is 0.303. The number of nitrogens with zero attached hydrogens (tertiary/aromatic N) is 6. The van der Waals surface area contributed by atoms with Gasteiger partial charge in [0.25, 0.3) is 0 Å². The average Bonchev–Trinajstić information content (AvgIpc) is 3.01. The standard InChI is InChI=1S/C12H20N6O3/c1-8(2)16(4)11(19)18-12(20)17(14-15-18)6-5-10-7-9(3)13-21-10/h8,10H,5-7H2,1-4H3. The van der Waals surface area contributed by atoms with Gasteiger partial charge >= 0.3 is 11.7 Å². The third-order valence-electron chi connectivity index (χ3n) is 3.44. The number of oxime groups is 1. The SMILES string of the molecule is CC1=NOC(CCn2nnn(C(=O)N(C)C(C)C)c2=O)C1. The zero-order valence-electron chi connectivity index (χ0n) is 12.7. The first-order valence-electron chi connectivity index (χ1n) is 6.89. The van der Waals surface area contributed by atoms with Crippen LogP contribution in [0.15, 0.2) is 9.95 Å². The van der Waals surface area contributed by atoms with Gasteiger partial charge in [0, 0.05) is 25.9 Å². The summed E-state index contributed by atoms with van der Waals surface area (Å²) in [5.41, 5.74) is 0.396. The van der Waals surface area contributed by atoms with Gasteiger partial charge in [0.15, 0.2) is 0 Å². The summed E-state index contributed by atoms with van der Waals surface area (Å²) in [5, 5.41) is 11.2. The van der Waals surface area contributed by atoms with Gasteiger partial charge in [-0.3, -0.25) is 0 Å². The molecular weight excluding hydrogens is 276 g/mol. The number of carbonyl (C=O) groups is 1. The van der Waals surface area contributed by atoms with Crippen LogP contribution < -0.4 is 5.69 Å². The van der Waals surface area contributed by atoms with E-state index in [9.17, 15) is 9.59 Å². The van der Waals surface area contributed by atoms with Crippen molar-refractivity contribution >= 4 is 11.7 Å². The van der Waals surface area contributed by atoms with Gasteiger partial charge in [-0.25, -0.2) is 9.59 Å². The zero-order valence-corrected chi connectivity index (χ0v) is 12.7. The Morgan fingerprint density at radius 1 is 1.48 bits per heavy atom. The number of carbonyl (C=O) groups excluding carboxylic acids is 1. The lowest BCUT2D eigenvalue weighted by Crippen LogP contribution is -2.42. The Labute approximate surface area is 122 Å². The summed E-state index contributed by atoms with van der Waals surface area (Å²) in [5.74, 6) is 0. The van der Waals surface area contributed by atoms with E-state index in [1.807, 2.05) is 20.8 Å². The van der Waals surface area contributed by atoms with Crippen LogP contribution in [-0.2, 0) is 11.4 Å². The largest absolute Gasteiger partial charge is 0.392 e. The molecule has 0 N–H and O–H groups in total. The van der Waals surface area contributed by atoms with Crippen LogP contribution >= 0.6 is 0 Å². The van der Waals surface area contributed by atoms with Gasteiger partial charge in [0.2, 0.25) is 0 Å². The number of tetrazole rings is 1. The molecule has 0 aromatic carbocycles. The lowest BCUT2D eigenvalue weighted by molar-refractivity contribution is 0.0746. The van der Waals surface area contributed by atoms with Gasteiger partial charge in [-0.15, -0.1) is 4.68 Å². The number of hydrogen-bond donors (Lipinski definition) is 0. The Hall–Kier alpha value is -2.19. The summed E-state index contributed by atoms with van der Waals surface area (Å²) >= 11 is 0. The van der Waals surface area contributed by atoms with Crippen LogP contribution in [-0.4, -0.2) is 55.6 Å². The molecule has 9 nitrogen and oxygen atoms in total. The van der Waals surface area contributed by atoms with Crippen molar-refractivity contribution in [1.82, 2.24) is 24.7 Å². The summed E-state index contributed by atoms with van der Waals surface area (Å²) in [6, 6.07) is -0.515. The van der Waals surface area contributed by atoms with E-state index < -0.39 is 11.7 Å². The molecule has 1 unspecified atom stereocenters. The summed E-state index contributed by atoms with van der Waals surface area (Å²) in [4.78, 5) is 30.8. The molecule has 0 bridgehead atoms. The maximum Gasteiger partial charge on any atom is 0.372 e. The van der Waals surface area contributed by atoms with Crippen molar-refractivity contribution in [2.24, 2.45) is 5.16 Å². The molecule has 0 saturated carbocycles. The van der Waals surface area contributed by atoms with E-state index in [2.05, 4.69) is 15.6 Å². The number of rotatable bonds is 4. The first-order valence-corrected chi connectivity index (χ1v) is 6.89. The third-order valence-corrected chi connectivity index (χ3v) is 3.44. The second-order valence-electron chi connectivity index (χ2n) is 5.43. The molecule has 0 radical (unpaired) electrons. The predicted molar refractivity (Wildman–Crippen MR) is 75.2 cm³/mol. The minimum Gasteiger partial charge on any atom is -0.392 e. The van der Waals surface area contributed by atoms with E-state index in [0.29, 0.717) is 13.0 Å². The van der Waals surface area contributed by atoms with Crippen LogP contribution in [0.2, 0.25) is 0 Å². The molecule has 1 aromatic heterocycles. The van der Waals surface area contributed by atoms with Crippen LogP contribution in [0.3, 0.4) is 0 Å². The smallest absolute Gasteiger partial charge is 0.372 e. The quantitative estimate of drug-likeness (QED) is 0.745. The second kappa shape index (κ2) is 6.06. The van der Waals surface area contributed by atoms with Crippen molar-refractivity contribution in [2.75, 3.05) is 7.05 Å². The van der Waals surface area contributed by atoms with Crippen molar-refractivity contribution in [2.45, 2.75) is 52.3 Å². The average molecular weight is 296 g/mol. The van der Waals surface area contributed by atoms with Crippen molar-refractivity contribution in [3.63, 3.8) is 0 Å². The Morgan fingerprint density at radius 2 is 2.19 bits per heavy atom. The normalized spacial score (nSPS) is 17.8. The van der Waals surface area contributed by atoms with Gasteiger partial charge in [-0.1, -0.05) is 5.16 Å². The maximum atomic E-state index is 12.1. The molecule has 2 heterocycles. The number of amides is 1. The van der Waals surface area contributed by atoms with E-state index in [1.165, 1.54) is 9.58 Å². The molecular formula is C12H20N6O3. The molecule has 21 heavy (non-hydrogen) atoms. The minimum absolute atomic E-state index is 0.0263. The van der Waals surface area contributed by atoms with Crippen molar-refractivity contribution in [3.8, 4) is 0 Å². The van der Waals surface area contributed by atoms with Crippen LogP contribution in [0, 0.1) is 0 Å². The number of hydrogen-bond acceptors (Lipinski definition) is 6. The summed E-state index contributed by atoms with van der Waals surface area (Å²) in [6.45, 7) is 5.94. The Balaban J connectivity index is 2.00. The van der Waals surface area contributed by atoms with Gasteiger partial charge < -0.3 is 9.74 Å². The topological polar surface area (TPSA) is 94.6 Å². The van der Waals surface area contributed by atoms with Crippen molar-refractivity contribution < 1.29 is 9.63 Å². The van der Waals surface area contributed by atoms with Crippen molar-refractivity contribution in [1.29, 1.82) is 0 Å². The van der Waals surface area contributed by atoms with E-state index >= 15 is 0 Å². The fourth-order valence-electron chi connectivity index (χ4n) is 1.89. The molecule has 116 valence electrons. The maximum absolute atomic E-state index is 12.1. The molecule has 0 saturated heterocycles. The first-order chi connectivity index (χ1) is 9.90. The van der Waals surface area contributed by atoms with Gasteiger partial charge in [0.05, 0.1) is 12.3 Å². The molecule has 1 aliphatic rings. The van der Waals surface area contributed by atoms with Crippen LogP contribution in [0.1, 0.15) is 33.6 Å². The monoisotopic (exact) mass is 296 g/mol. The molecule has 2 rings (SSSR count). The van der Waals surface area contributed by atoms with Gasteiger partial charge in [-0.2, -0.15) is 4.68 Å². The third kappa shape index (κ3) is 3.29. The second-order valence-corrected chi connectivity index (χ2v) is 5.43. The van der Waals surface area contributed by atoms with Gasteiger partial charge in [0.1, 0.15) is 6.10 Å². The molecule has 0 spiro atoms. The molecule has 0 fully saturated rings. The van der Waals surface area contributed by atoms with Crippen LogP contribution in [0.4, 0.5) is 4.79 Å². The summed E-state index contributed by atoms with van der Waals surface area (Å²) in [6.07, 6.45) is 1.29. The van der Waals surface area contributed by atoms with E-state index in [1.54, 1.807) is 7.05 Å². The van der Waals surface area contributed by atoms with Crippen LogP contribution in [0.25, 0.3) is 0 Å². The van der Waals surface area contributed by atoms with E-state index in [0.717, 1.165) is 16.8 Å². The number of aryl methyl sites for hydroxylation is 1. The summed E-state index contributed by atoms with van der Waals surface area (Å²) < 4.78 is 1.94. The molecule has 1 atom stereocenters. The molecule has 1 aromatic rings. The van der Waals surface area contributed by atoms with E-state index in [-0.39, 0.29) is 12.1 Å². The van der Waals surface area contributed by atoms with Crippen LogP contribution in [0.5, 0.6) is 0 Å². The van der Waals surface area contributed by atoms with E-state index in [4.69, 9.17) is 4.84 Å². The fourth-order valence-corrected chi connectivity index (χ4v) is 1.89. The molecule has 9 heteroatoms. The number of aromatic nitrogens is 4. The minimum atomic E-state index is -0.539. The molecule has 1 amide bonds. The Bertz CT molecular complexity index is 602. The Kier molecular flexibility index (Phi) is 4.39. The zero-order chi connectivity index (χ0) is 15.6. The lowest BCUT2D eigenvalue weighted by Gasteiger charge is -2.19. The van der Waals surface area contributed by atoms with Gasteiger partial charge in [-0.05, 0) is 31.2 Å². The fraction of sp³-hybridized carbons (Fsp3) is 0.750.